The molecule has 0 radical (unpaired) electrons. The van der Waals surface area contributed by atoms with E-state index < -0.39 is 0 Å². The zero-order valence-corrected chi connectivity index (χ0v) is 10.3. The zero-order valence-electron chi connectivity index (χ0n) is 8.71. The third kappa shape index (κ3) is 2.94. The average molecular weight is 245 g/mol. The summed E-state index contributed by atoms with van der Waals surface area (Å²) in [7, 11) is 0. The van der Waals surface area contributed by atoms with Gasteiger partial charge in [-0.2, -0.15) is 0 Å². The second kappa shape index (κ2) is 5.30. The highest BCUT2D eigenvalue weighted by Gasteiger charge is 2.25. The molecule has 0 saturated heterocycles. The van der Waals surface area contributed by atoms with E-state index in [1.807, 2.05) is 6.07 Å². The summed E-state index contributed by atoms with van der Waals surface area (Å²) in [6, 6.07) is 4.65. The molecule has 0 aromatic carbocycles. The molecule has 2 atom stereocenters. The lowest BCUT2D eigenvalue weighted by atomic mass is 10.0. The number of nitrogens with two attached hydrogens (primary N) is 1. The number of thiophene rings is 1. The van der Waals surface area contributed by atoms with E-state index in [2.05, 4.69) is 11.4 Å². The van der Waals surface area contributed by atoms with Crippen molar-refractivity contribution in [1.29, 1.82) is 0 Å². The summed E-state index contributed by atoms with van der Waals surface area (Å²) in [5, 5.41) is 3.58. The van der Waals surface area contributed by atoms with E-state index in [4.69, 9.17) is 17.3 Å². The molecule has 0 bridgehead atoms. The van der Waals surface area contributed by atoms with Gasteiger partial charge in [0.1, 0.15) is 0 Å². The van der Waals surface area contributed by atoms with Gasteiger partial charge >= 0.3 is 0 Å². The number of halogens is 1. The SMILES string of the molecule is NCC1CCCC1NCc1ccc(Cl)s1. The Morgan fingerprint density at radius 1 is 1.47 bits per heavy atom. The minimum Gasteiger partial charge on any atom is -0.330 e. The molecule has 15 heavy (non-hydrogen) atoms. The Kier molecular flexibility index (Phi) is 4.03. The van der Waals surface area contributed by atoms with Crippen LogP contribution >= 0.6 is 22.9 Å². The van der Waals surface area contributed by atoms with Gasteiger partial charge in [0.15, 0.2) is 0 Å². The van der Waals surface area contributed by atoms with Gasteiger partial charge in [0.25, 0.3) is 0 Å². The summed E-state index contributed by atoms with van der Waals surface area (Å²) >= 11 is 7.53. The van der Waals surface area contributed by atoms with Gasteiger partial charge in [0.05, 0.1) is 4.34 Å². The molecule has 0 aliphatic heterocycles. The maximum absolute atomic E-state index is 5.88. The highest BCUT2D eigenvalue weighted by molar-refractivity contribution is 7.16. The van der Waals surface area contributed by atoms with Crippen molar-refractivity contribution in [3.63, 3.8) is 0 Å². The Labute approximate surface area is 99.8 Å². The van der Waals surface area contributed by atoms with Crippen molar-refractivity contribution in [2.75, 3.05) is 6.54 Å². The summed E-state index contributed by atoms with van der Waals surface area (Å²) in [4.78, 5) is 1.31. The highest BCUT2D eigenvalue weighted by atomic mass is 35.5. The Morgan fingerprint density at radius 2 is 2.33 bits per heavy atom. The molecule has 0 spiro atoms. The van der Waals surface area contributed by atoms with Crippen molar-refractivity contribution in [3.05, 3.63) is 21.3 Å². The van der Waals surface area contributed by atoms with Crippen LogP contribution < -0.4 is 11.1 Å². The minimum atomic E-state index is 0.607. The van der Waals surface area contributed by atoms with Crippen molar-refractivity contribution >= 4 is 22.9 Å². The Hall–Kier alpha value is -0.0900. The minimum absolute atomic E-state index is 0.607. The smallest absolute Gasteiger partial charge is 0.0931 e. The number of hydrogen-bond acceptors (Lipinski definition) is 3. The molecule has 3 N–H and O–H groups in total. The van der Waals surface area contributed by atoms with Crippen LogP contribution in [-0.2, 0) is 6.54 Å². The topological polar surface area (TPSA) is 38.0 Å². The van der Waals surface area contributed by atoms with Crippen LogP contribution in [0.25, 0.3) is 0 Å². The van der Waals surface area contributed by atoms with Gasteiger partial charge in [-0.1, -0.05) is 18.0 Å². The summed E-state index contributed by atoms with van der Waals surface area (Å²) < 4.78 is 0.869. The second-order valence-electron chi connectivity index (χ2n) is 4.12. The Balaban J connectivity index is 1.82. The third-order valence-corrected chi connectivity index (χ3v) is 4.36. The molecular weight excluding hydrogens is 228 g/mol. The number of rotatable bonds is 4. The molecule has 1 saturated carbocycles. The van der Waals surface area contributed by atoms with Gasteiger partial charge in [0, 0.05) is 17.5 Å². The van der Waals surface area contributed by atoms with Gasteiger partial charge in [-0.3, -0.25) is 0 Å². The maximum Gasteiger partial charge on any atom is 0.0931 e. The fourth-order valence-electron chi connectivity index (χ4n) is 2.27. The number of nitrogens with one attached hydrogen (secondary N) is 1. The molecule has 1 heterocycles. The molecule has 84 valence electrons. The first-order valence-corrected chi connectivity index (χ1v) is 6.66. The van der Waals surface area contributed by atoms with Crippen molar-refractivity contribution in [3.8, 4) is 0 Å². The largest absolute Gasteiger partial charge is 0.330 e. The van der Waals surface area contributed by atoms with E-state index in [1.54, 1.807) is 11.3 Å². The fourth-order valence-corrected chi connectivity index (χ4v) is 3.30. The molecule has 1 aromatic heterocycles. The molecule has 1 aliphatic carbocycles. The average Bonchev–Trinajstić information content (AvgIpc) is 2.83. The van der Waals surface area contributed by atoms with Crippen LogP contribution in [0.4, 0.5) is 0 Å². The molecule has 1 fully saturated rings. The van der Waals surface area contributed by atoms with Gasteiger partial charge < -0.3 is 11.1 Å². The van der Waals surface area contributed by atoms with Gasteiger partial charge in [-0.05, 0) is 37.4 Å². The summed E-state index contributed by atoms with van der Waals surface area (Å²) in [6.07, 6.45) is 3.85. The summed E-state index contributed by atoms with van der Waals surface area (Å²) in [6.45, 7) is 1.74. The highest BCUT2D eigenvalue weighted by Crippen LogP contribution is 2.26. The lowest BCUT2D eigenvalue weighted by molar-refractivity contribution is 0.407. The van der Waals surface area contributed by atoms with Crippen LogP contribution in [-0.4, -0.2) is 12.6 Å². The van der Waals surface area contributed by atoms with Crippen LogP contribution in [0.1, 0.15) is 24.1 Å². The van der Waals surface area contributed by atoms with E-state index in [1.165, 1.54) is 24.1 Å². The van der Waals surface area contributed by atoms with Crippen LogP contribution in [0.5, 0.6) is 0 Å². The predicted molar refractivity (Wildman–Crippen MR) is 66.4 cm³/mol. The van der Waals surface area contributed by atoms with E-state index >= 15 is 0 Å². The Bertz CT molecular complexity index is 313. The summed E-state index contributed by atoms with van der Waals surface area (Å²) in [5.74, 6) is 0.667. The lowest BCUT2D eigenvalue weighted by Crippen LogP contribution is -2.35. The van der Waals surface area contributed by atoms with Gasteiger partial charge in [0.2, 0.25) is 0 Å². The molecule has 2 rings (SSSR count). The monoisotopic (exact) mass is 244 g/mol. The van der Waals surface area contributed by atoms with Crippen LogP contribution in [0.3, 0.4) is 0 Å². The fraction of sp³-hybridized carbons (Fsp3) is 0.636. The van der Waals surface area contributed by atoms with E-state index in [-0.39, 0.29) is 0 Å². The molecule has 2 unspecified atom stereocenters. The van der Waals surface area contributed by atoms with Crippen molar-refractivity contribution in [2.45, 2.75) is 31.8 Å². The molecule has 2 nitrogen and oxygen atoms in total. The zero-order chi connectivity index (χ0) is 10.7. The maximum atomic E-state index is 5.88. The quantitative estimate of drug-likeness (QED) is 0.855. The van der Waals surface area contributed by atoms with Crippen LogP contribution in [0, 0.1) is 5.92 Å². The van der Waals surface area contributed by atoms with Gasteiger partial charge in [-0.15, -0.1) is 11.3 Å². The van der Waals surface area contributed by atoms with Crippen molar-refractivity contribution in [2.24, 2.45) is 11.7 Å². The second-order valence-corrected chi connectivity index (χ2v) is 5.92. The standard InChI is InChI=1S/C11H17ClN2S/c12-11-5-4-9(15-11)7-14-10-3-1-2-8(10)6-13/h4-5,8,10,14H,1-3,6-7,13H2. The predicted octanol–water partition coefficient (Wildman–Crippen LogP) is 2.62. The van der Waals surface area contributed by atoms with E-state index in [0.717, 1.165) is 17.4 Å². The molecule has 0 amide bonds. The Morgan fingerprint density at radius 3 is 3.00 bits per heavy atom. The third-order valence-electron chi connectivity index (χ3n) is 3.13. The first-order valence-electron chi connectivity index (χ1n) is 5.47. The first-order chi connectivity index (χ1) is 7.29. The van der Waals surface area contributed by atoms with E-state index in [0.29, 0.717) is 12.0 Å². The van der Waals surface area contributed by atoms with Gasteiger partial charge in [-0.25, -0.2) is 0 Å². The van der Waals surface area contributed by atoms with E-state index in [9.17, 15) is 0 Å². The normalized spacial score (nSPS) is 26.0. The number of hydrogen-bond donors (Lipinski definition) is 2. The molecular formula is C11H17ClN2S. The molecule has 1 aromatic rings. The van der Waals surface area contributed by atoms with Crippen molar-refractivity contribution in [1.82, 2.24) is 5.32 Å². The lowest BCUT2D eigenvalue weighted by Gasteiger charge is -2.18. The van der Waals surface area contributed by atoms with Crippen LogP contribution in [0.2, 0.25) is 4.34 Å². The summed E-state index contributed by atoms with van der Waals surface area (Å²) in [5.41, 5.74) is 5.74. The van der Waals surface area contributed by atoms with Crippen LogP contribution in [0.15, 0.2) is 12.1 Å². The molecule has 1 aliphatic rings. The first kappa shape index (κ1) is 11.4. The molecule has 4 heteroatoms. The van der Waals surface area contributed by atoms with Crippen molar-refractivity contribution < 1.29 is 0 Å².